The van der Waals surface area contributed by atoms with Crippen molar-refractivity contribution >= 4 is 27.7 Å². The summed E-state index contributed by atoms with van der Waals surface area (Å²) in [5, 5.41) is 12.2. The normalized spacial score (nSPS) is 18.9. The van der Waals surface area contributed by atoms with Crippen LogP contribution in [-0.2, 0) is 5.75 Å². The first-order chi connectivity index (χ1) is 9.31. The van der Waals surface area contributed by atoms with Gasteiger partial charge in [-0.1, -0.05) is 39.8 Å². The standard InChI is InChI=1S/C13H14BrN3OS/c14-10-5-3-9(4-6-10)8-19-13-17-16-12(18-13)11-2-1-7-15-11/h3-6,11,15H,1-2,7-8H2/t11-/m0/s1. The molecule has 6 heteroatoms. The molecule has 1 aromatic carbocycles. The molecule has 1 N–H and O–H groups in total. The molecule has 1 aliphatic rings. The maximum absolute atomic E-state index is 5.68. The van der Waals surface area contributed by atoms with Crippen molar-refractivity contribution in [3.05, 3.63) is 40.2 Å². The molecule has 1 saturated heterocycles. The molecule has 1 atom stereocenters. The van der Waals surface area contributed by atoms with Crippen LogP contribution in [0.3, 0.4) is 0 Å². The SMILES string of the molecule is Brc1ccc(CSc2nnc([C@@H]3CCCN3)o2)cc1. The van der Waals surface area contributed by atoms with E-state index in [0.29, 0.717) is 5.22 Å². The lowest BCUT2D eigenvalue weighted by Gasteiger charge is -2.02. The Morgan fingerprint density at radius 3 is 2.89 bits per heavy atom. The number of rotatable bonds is 4. The van der Waals surface area contributed by atoms with Gasteiger partial charge >= 0.3 is 0 Å². The van der Waals surface area contributed by atoms with Gasteiger partial charge < -0.3 is 9.73 Å². The van der Waals surface area contributed by atoms with Crippen molar-refractivity contribution < 1.29 is 4.42 Å². The number of halogens is 1. The molecule has 3 rings (SSSR count). The molecule has 0 spiro atoms. The van der Waals surface area contributed by atoms with E-state index in [4.69, 9.17) is 4.42 Å². The van der Waals surface area contributed by atoms with Crippen LogP contribution in [0.25, 0.3) is 0 Å². The van der Waals surface area contributed by atoms with E-state index in [1.54, 1.807) is 11.8 Å². The molecule has 1 fully saturated rings. The molecule has 0 radical (unpaired) electrons. The topological polar surface area (TPSA) is 51.0 Å². The first-order valence-electron chi connectivity index (χ1n) is 6.25. The second kappa shape index (κ2) is 6.07. The van der Waals surface area contributed by atoms with Crippen molar-refractivity contribution in [3.8, 4) is 0 Å². The van der Waals surface area contributed by atoms with E-state index in [0.717, 1.165) is 29.1 Å². The Hall–Kier alpha value is -0.850. The highest BCUT2D eigenvalue weighted by molar-refractivity contribution is 9.10. The van der Waals surface area contributed by atoms with Crippen molar-refractivity contribution in [2.45, 2.75) is 29.9 Å². The van der Waals surface area contributed by atoms with Crippen molar-refractivity contribution in [2.75, 3.05) is 6.54 Å². The third-order valence-corrected chi connectivity index (χ3v) is 4.47. The Morgan fingerprint density at radius 1 is 1.32 bits per heavy atom. The van der Waals surface area contributed by atoms with E-state index in [-0.39, 0.29) is 6.04 Å². The van der Waals surface area contributed by atoms with Crippen LogP contribution in [0.4, 0.5) is 0 Å². The minimum atomic E-state index is 0.245. The minimum Gasteiger partial charge on any atom is -0.414 e. The van der Waals surface area contributed by atoms with Gasteiger partial charge in [0.05, 0.1) is 6.04 Å². The van der Waals surface area contributed by atoms with E-state index >= 15 is 0 Å². The average Bonchev–Trinajstić information content (AvgIpc) is 3.09. The lowest BCUT2D eigenvalue weighted by Crippen LogP contribution is -2.12. The highest BCUT2D eigenvalue weighted by Gasteiger charge is 2.22. The number of nitrogens with one attached hydrogen (secondary N) is 1. The first kappa shape index (κ1) is 13.1. The average molecular weight is 340 g/mol. The van der Waals surface area contributed by atoms with Gasteiger partial charge in [0.25, 0.3) is 5.22 Å². The quantitative estimate of drug-likeness (QED) is 0.863. The lowest BCUT2D eigenvalue weighted by atomic mass is 10.2. The Morgan fingerprint density at radius 2 is 2.16 bits per heavy atom. The lowest BCUT2D eigenvalue weighted by molar-refractivity contribution is 0.374. The zero-order valence-electron chi connectivity index (χ0n) is 10.3. The van der Waals surface area contributed by atoms with Crippen LogP contribution in [0.15, 0.2) is 38.4 Å². The van der Waals surface area contributed by atoms with Gasteiger partial charge in [0.1, 0.15) is 0 Å². The van der Waals surface area contributed by atoms with Crippen LogP contribution in [-0.4, -0.2) is 16.7 Å². The Kier molecular flexibility index (Phi) is 4.20. The van der Waals surface area contributed by atoms with E-state index in [9.17, 15) is 0 Å². The van der Waals surface area contributed by atoms with Gasteiger partial charge in [0.2, 0.25) is 5.89 Å². The monoisotopic (exact) mass is 339 g/mol. The number of thioether (sulfide) groups is 1. The van der Waals surface area contributed by atoms with Crippen LogP contribution in [0.1, 0.15) is 30.3 Å². The summed E-state index contributed by atoms with van der Waals surface area (Å²) in [6.07, 6.45) is 2.26. The summed E-state index contributed by atoms with van der Waals surface area (Å²) in [6, 6.07) is 8.50. The fraction of sp³-hybridized carbons (Fsp3) is 0.385. The molecular formula is C13H14BrN3OS. The summed E-state index contributed by atoms with van der Waals surface area (Å²) >= 11 is 5.00. The van der Waals surface area contributed by atoms with Crippen molar-refractivity contribution in [1.82, 2.24) is 15.5 Å². The van der Waals surface area contributed by atoms with Gasteiger partial charge in [-0.25, -0.2) is 0 Å². The molecule has 0 bridgehead atoms. The third kappa shape index (κ3) is 3.38. The molecule has 1 aliphatic heterocycles. The van der Waals surface area contributed by atoms with Gasteiger partial charge in [-0.2, -0.15) is 0 Å². The number of aromatic nitrogens is 2. The number of nitrogens with zero attached hydrogens (tertiary/aromatic N) is 2. The van der Waals surface area contributed by atoms with E-state index < -0.39 is 0 Å². The molecule has 0 saturated carbocycles. The second-order valence-electron chi connectivity index (χ2n) is 4.47. The Labute approximate surface area is 124 Å². The van der Waals surface area contributed by atoms with Crippen molar-refractivity contribution in [3.63, 3.8) is 0 Å². The summed E-state index contributed by atoms with van der Waals surface area (Å²) < 4.78 is 6.77. The summed E-state index contributed by atoms with van der Waals surface area (Å²) in [4.78, 5) is 0. The molecule has 1 aromatic heterocycles. The third-order valence-electron chi connectivity index (χ3n) is 3.06. The first-order valence-corrected chi connectivity index (χ1v) is 8.03. The molecule has 0 unspecified atom stereocenters. The molecular weight excluding hydrogens is 326 g/mol. The molecule has 0 amide bonds. The fourth-order valence-corrected chi connectivity index (χ4v) is 3.03. The Bertz CT molecular complexity index is 537. The van der Waals surface area contributed by atoms with Crippen molar-refractivity contribution in [2.24, 2.45) is 0 Å². The van der Waals surface area contributed by atoms with Crippen LogP contribution in [0.2, 0.25) is 0 Å². The van der Waals surface area contributed by atoms with Crippen LogP contribution < -0.4 is 5.32 Å². The molecule has 2 heterocycles. The predicted molar refractivity (Wildman–Crippen MR) is 78.0 cm³/mol. The Balaban J connectivity index is 1.59. The maximum atomic E-state index is 5.68. The summed E-state index contributed by atoms with van der Waals surface area (Å²) in [5.74, 6) is 1.56. The molecule has 100 valence electrons. The molecule has 4 nitrogen and oxygen atoms in total. The van der Waals surface area contributed by atoms with Gasteiger partial charge in [-0.05, 0) is 37.1 Å². The predicted octanol–water partition coefficient (Wildman–Crippen LogP) is 3.55. The smallest absolute Gasteiger partial charge is 0.276 e. The number of hydrogen-bond donors (Lipinski definition) is 1. The summed E-state index contributed by atoms with van der Waals surface area (Å²) in [7, 11) is 0. The van der Waals surface area contributed by atoms with Crippen LogP contribution >= 0.6 is 27.7 Å². The van der Waals surface area contributed by atoms with E-state index in [1.165, 1.54) is 12.0 Å². The van der Waals surface area contributed by atoms with Crippen LogP contribution in [0, 0.1) is 0 Å². The fourth-order valence-electron chi connectivity index (χ4n) is 2.04. The van der Waals surface area contributed by atoms with E-state index in [1.807, 2.05) is 12.1 Å². The van der Waals surface area contributed by atoms with Crippen molar-refractivity contribution in [1.29, 1.82) is 0 Å². The zero-order valence-corrected chi connectivity index (χ0v) is 12.7. The summed E-state index contributed by atoms with van der Waals surface area (Å²) in [5.41, 5.74) is 1.24. The highest BCUT2D eigenvalue weighted by Crippen LogP contribution is 2.27. The number of hydrogen-bond acceptors (Lipinski definition) is 5. The molecule has 0 aliphatic carbocycles. The second-order valence-corrected chi connectivity index (χ2v) is 6.31. The molecule has 2 aromatic rings. The number of benzene rings is 1. The van der Waals surface area contributed by atoms with Gasteiger partial charge in [0.15, 0.2) is 0 Å². The minimum absolute atomic E-state index is 0.245. The maximum Gasteiger partial charge on any atom is 0.276 e. The van der Waals surface area contributed by atoms with Gasteiger partial charge in [-0.3, -0.25) is 0 Å². The van der Waals surface area contributed by atoms with Crippen LogP contribution in [0.5, 0.6) is 0 Å². The zero-order chi connectivity index (χ0) is 13.1. The van der Waals surface area contributed by atoms with Gasteiger partial charge in [-0.15, -0.1) is 10.2 Å². The van der Waals surface area contributed by atoms with E-state index in [2.05, 4.69) is 43.6 Å². The largest absolute Gasteiger partial charge is 0.414 e. The van der Waals surface area contributed by atoms with Gasteiger partial charge in [0, 0.05) is 10.2 Å². The highest BCUT2D eigenvalue weighted by atomic mass is 79.9. The molecule has 19 heavy (non-hydrogen) atoms. The summed E-state index contributed by atoms with van der Waals surface area (Å²) in [6.45, 7) is 1.04.